The van der Waals surface area contributed by atoms with Crippen LogP contribution in [0.3, 0.4) is 0 Å². The van der Waals surface area contributed by atoms with Gasteiger partial charge in [0.2, 0.25) is 0 Å². The van der Waals surface area contributed by atoms with Gasteiger partial charge < -0.3 is 9.73 Å². The molecule has 0 atom stereocenters. The number of nitrogens with zero attached hydrogens (tertiary/aromatic N) is 1. The quantitative estimate of drug-likeness (QED) is 0.350. The fraction of sp³-hybridized carbons (Fsp3) is 0.0476. The molecule has 0 spiro atoms. The van der Waals surface area contributed by atoms with Gasteiger partial charge in [-0.05, 0) is 36.4 Å². The maximum Gasteiger partial charge on any atom is 0.416 e. The number of benzene rings is 2. The minimum absolute atomic E-state index is 0.117. The number of hydrogen-bond acceptors (Lipinski definition) is 3. The Morgan fingerprint density at radius 2 is 1.83 bits per heavy atom. The summed E-state index contributed by atoms with van der Waals surface area (Å²) >= 11 is 11.9. The molecule has 1 N–H and O–H groups in total. The highest BCUT2D eigenvalue weighted by Crippen LogP contribution is 2.33. The Morgan fingerprint density at radius 3 is 2.53 bits per heavy atom. The van der Waals surface area contributed by atoms with E-state index in [9.17, 15) is 23.2 Å². The lowest BCUT2D eigenvalue weighted by molar-refractivity contribution is -0.137. The van der Waals surface area contributed by atoms with Gasteiger partial charge in [-0.1, -0.05) is 41.4 Å². The van der Waals surface area contributed by atoms with Crippen molar-refractivity contribution in [2.24, 2.45) is 0 Å². The Balaban J connectivity index is 1.84. The van der Waals surface area contributed by atoms with Crippen molar-refractivity contribution in [3.05, 3.63) is 81.5 Å². The van der Waals surface area contributed by atoms with Gasteiger partial charge in [-0.15, -0.1) is 0 Å². The summed E-state index contributed by atoms with van der Waals surface area (Å²) in [6.07, 6.45) is -3.32. The Labute approximate surface area is 179 Å². The molecule has 30 heavy (non-hydrogen) atoms. The number of hydrogen-bond donors (Lipinski definition) is 1. The Kier molecular flexibility index (Phi) is 6.20. The molecule has 0 unspecified atom stereocenters. The fourth-order valence-corrected chi connectivity index (χ4v) is 2.86. The molecule has 0 saturated heterocycles. The van der Waals surface area contributed by atoms with Gasteiger partial charge in [0, 0.05) is 11.6 Å². The van der Waals surface area contributed by atoms with Crippen molar-refractivity contribution in [1.29, 1.82) is 5.26 Å². The summed E-state index contributed by atoms with van der Waals surface area (Å²) in [6.45, 7) is 0. The Hall–Kier alpha value is -3.21. The van der Waals surface area contributed by atoms with Crippen molar-refractivity contribution in [2.45, 2.75) is 6.18 Å². The second-order valence-corrected chi connectivity index (χ2v) is 6.79. The molecular weight excluding hydrogens is 440 g/mol. The number of rotatable bonds is 4. The molecule has 1 amide bonds. The van der Waals surface area contributed by atoms with E-state index in [4.69, 9.17) is 27.6 Å². The molecule has 0 radical (unpaired) electrons. The van der Waals surface area contributed by atoms with Crippen molar-refractivity contribution in [3.63, 3.8) is 0 Å². The Morgan fingerprint density at radius 1 is 1.10 bits per heavy atom. The van der Waals surface area contributed by atoms with Crippen LogP contribution in [-0.2, 0) is 11.0 Å². The van der Waals surface area contributed by atoms with Crippen LogP contribution in [-0.4, -0.2) is 5.91 Å². The fourth-order valence-electron chi connectivity index (χ4n) is 2.52. The smallest absolute Gasteiger partial charge is 0.416 e. The van der Waals surface area contributed by atoms with Crippen LogP contribution in [0.15, 0.2) is 64.6 Å². The van der Waals surface area contributed by atoms with Crippen molar-refractivity contribution in [1.82, 2.24) is 0 Å². The van der Waals surface area contributed by atoms with Gasteiger partial charge in [-0.3, -0.25) is 4.79 Å². The summed E-state index contributed by atoms with van der Waals surface area (Å²) in [4.78, 5) is 12.4. The Bertz CT molecular complexity index is 1180. The highest BCUT2D eigenvalue weighted by molar-refractivity contribution is 6.44. The number of amides is 1. The lowest BCUT2D eigenvalue weighted by Crippen LogP contribution is -2.13. The molecule has 0 aliphatic heterocycles. The topological polar surface area (TPSA) is 66.0 Å². The summed E-state index contributed by atoms with van der Waals surface area (Å²) in [5, 5.41) is 12.1. The molecule has 0 aliphatic rings. The average Bonchev–Trinajstić information content (AvgIpc) is 3.17. The van der Waals surface area contributed by atoms with E-state index in [1.807, 2.05) is 0 Å². The van der Waals surface area contributed by atoms with Crippen LogP contribution in [0.5, 0.6) is 0 Å². The maximum absolute atomic E-state index is 12.9. The van der Waals surface area contributed by atoms with Crippen LogP contribution in [0.2, 0.25) is 10.0 Å². The third-order valence-electron chi connectivity index (χ3n) is 3.95. The second kappa shape index (κ2) is 8.66. The van der Waals surface area contributed by atoms with E-state index in [0.29, 0.717) is 0 Å². The van der Waals surface area contributed by atoms with E-state index < -0.39 is 17.6 Å². The molecule has 3 aromatic rings. The first-order valence-corrected chi connectivity index (χ1v) is 9.09. The first kappa shape index (κ1) is 21.5. The number of nitrogens with one attached hydrogen (secondary N) is 1. The average molecular weight is 451 g/mol. The molecule has 1 aromatic heterocycles. The van der Waals surface area contributed by atoms with E-state index in [1.165, 1.54) is 36.4 Å². The summed E-state index contributed by atoms with van der Waals surface area (Å²) in [5.74, 6) is -0.479. The minimum atomic E-state index is -4.49. The third-order valence-corrected chi connectivity index (χ3v) is 4.77. The second-order valence-electron chi connectivity index (χ2n) is 6.01. The van der Waals surface area contributed by atoms with E-state index in [2.05, 4.69) is 5.32 Å². The molecule has 0 aliphatic carbocycles. The molecule has 2 aromatic carbocycles. The zero-order chi connectivity index (χ0) is 21.9. The molecule has 0 saturated carbocycles. The monoisotopic (exact) mass is 450 g/mol. The molecule has 0 fully saturated rings. The standard InChI is InChI=1S/C21H11Cl2F3N2O2/c22-16-5-2-6-17(19(16)23)28-20(29)13(11-27)10-15-7-8-18(30-15)12-3-1-4-14(9-12)21(24,25)26/h1-10H,(H,28,29)/b13-10+. The van der Waals surface area contributed by atoms with Gasteiger partial charge in [-0.25, -0.2) is 0 Å². The number of carbonyl (C=O) groups excluding carboxylic acids is 1. The normalized spacial score (nSPS) is 11.8. The van der Waals surface area contributed by atoms with Crippen molar-refractivity contribution in [2.75, 3.05) is 5.32 Å². The molecule has 4 nitrogen and oxygen atoms in total. The molecule has 9 heteroatoms. The molecule has 0 bridgehead atoms. The minimum Gasteiger partial charge on any atom is -0.457 e. The van der Waals surface area contributed by atoms with Crippen molar-refractivity contribution < 1.29 is 22.4 Å². The zero-order valence-corrected chi connectivity index (χ0v) is 16.4. The summed E-state index contributed by atoms with van der Waals surface area (Å²) in [6, 6.07) is 13.9. The van der Waals surface area contributed by atoms with Gasteiger partial charge in [0.25, 0.3) is 5.91 Å². The summed E-state index contributed by atoms with van der Waals surface area (Å²) in [7, 11) is 0. The van der Waals surface area contributed by atoms with Crippen LogP contribution < -0.4 is 5.32 Å². The predicted octanol–water partition coefficient (Wildman–Crippen LogP) is 6.82. The number of halogens is 5. The highest BCUT2D eigenvalue weighted by atomic mass is 35.5. The lowest BCUT2D eigenvalue weighted by atomic mass is 10.1. The van der Waals surface area contributed by atoms with Crippen molar-refractivity contribution in [3.8, 4) is 17.4 Å². The molecular formula is C21H11Cl2F3N2O2. The summed E-state index contributed by atoms with van der Waals surface area (Å²) < 4.78 is 44.2. The van der Waals surface area contributed by atoms with E-state index in [-0.39, 0.29) is 38.4 Å². The number of carbonyl (C=O) groups is 1. The molecule has 3 rings (SSSR count). The van der Waals surface area contributed by atoms with E-state index in [1.54, 1.807) is 18.2 Å². The number of furan rings is 1. The highest BCUT2D eigenvalue weighted by Gasteiger charge is 2.30. The predicted molar refractivity (Wildman–Crippen MR) is 108 cm³/mol. The van der Waals surface area contributed by atoms with Crippen LogP contribution >= 0.6 is 23.2 Å². The van der Waals surface area contributed by atoms with Crippen LogP contribution in [0.25, 0.3) is 17.4 Å². The van der Waals surface area contributed by atoms with E-state index >= 15 is 0 Å². The van der Waals surface area contributed by atoms with E-state index in [0.717, 1.165) is 12.1 Å². The number of nitriles is 1. The largest absolute Gasteiger partial charge is 0.457 e. The SMILES string of the molecule is N#C/C(=C\c1ccc(-c2cccc(C(F)(F)F)c2)o1)C(=O)Nc1cccc(Cl)c1Cl. The first-order chi connectivity index (χ1) is 14.2. The van der Waals surface area contributed by atoms with Gasteiger partial charge in [0.05, 0.1) is 21.3 Å². The van der Waals surface area contributed by atoms with Crippen molar-refractivity contribution >= 4 is 40.9 Å². The first-order valence-electron chi connectivity index (χ1n) is 8.33. The summed E-state index contributed by atoms with van der Waals surface area (Å²) in [5.41, 5.74) is -0.683. The van der Waals surface area contributed by atoms with Crippen LogP contribution in [0, 0.1) is 11.3 Å². The number of anilines is 1. The molecule has 152 valence electrons. The maximum atomic E-state index is 12.9. The molecule has 1 heterocycles. The van der Waals surface area contributed by atoms with Crippen LogP contribution in [0.1, 0.15) is 11.3 Å². The third kappa shape index (κ3) is 4.85. The van der Waals surface area contributed by atoms with Gasteiger partial charge in [-0.2, -0.15) is 18.4 Å². The van der Waals surface area contributed by atoms with Gasteiger partial charge >= 0.3 is 6.18 Å². The zero-order valence-electron chi connectivity index (χ0n) is 14.9. The van der Waals surface area contributed by atoms with Gasteiger partial charge in [0.1, 0.15) is 23.2 Å². The number of alkyl halides is 3. The lowest BCUT2D eigenvalue weighted by Gasteiger charge is -2.07. The van der Waals surface area contributed by atoms with Crippen LogP contribution in [0.4, 0.5) is 18.9 Å². The van der Waals surface area contributed by atoms with Gasteiger partial charge in [0.15, 0.2) is 0 Å².